The number of hydrogen-bond acceptors (Lipinski definition) is 5. The third-order valence-electron chi connectivity index (χ3n) is 4.37. The van der Waals surface area contributed by atoms with Crippen molar-refractivity contribution in [3.05, 3.63) is 64.8 Å². The molecule has 28 heavy (non-hydrogen) atoms. The van der Waals surface area contributed by atoms with Crippen molar-refractivity contribution >= 4 is 28.5 Å². The van der Waals surface area contributed by atoms with Gasteiger partial charge in [-0.05, 0) is 62.7 Å². The third-order valence-corrected chi connectivity index (χ3v) is 4.37. The normalized spacial score (nSPS) is 10.6. The Morgan fingerprint density at radius 1 is 1.04 bits per heavy atom. The summed E-state index contributed by atoms with van der Waals surface area (Å²) in [4.78, 5) is 29.3. The van der Waals surface area contributed by atoms with E-state index in [0.717, 1.165) is 11.3 Å². The first-order valence-electron chi connectivity index (χ1n) is 8.97. The van der Waals surface area contributed by atoms with Gasteiger partial charge in [-0.2, -0.15) is 0 Å². The van der Waals surface area contributed by atoms with E-state index in [0.29, 0.717) is 40.1 Å². The molecule has 1 N–H and O–H groups in total. The summed E-state index contributed by atoms with van der Waals surface area (Å²) in [5.41, 5.74) is 3.86. The highest BCUT2D eigenvalue weighted by molar-refractivity contribution is 6.09. The number of esters is 1. The van der Waals surface area contributed by atoms with Crippen molar-refractivity contribution in [1.82, 2.24) is 4.98 Å². The van der Waals surface area contributed by atoms with Crippen LogP contribution in [0.3, 0.4) is 0 Å². The Balaban J connectivity index is 2.00. The number of aromatic nitrogens is 1. The molecule has 0 aliphatic rings. The molecule has 1 amide bonds. The molecule has 0 bridgehead atoms. The molecule has 3 rings (SSSR count). The Kier molecular flexibility index (Phi) is 5.59. The third kappa shape index (κ3) is 3.96. The van der Waals surface area contributed by atoms with E-state index in [4.69, 9.17) is 9.47 Å². The number of aryl methyl sites for hydroxylation is 2. The molecule has 0 atom stereocenters. The van der Waals surface area contributed by atoms with Gasteiger partial charge >= 0.3 is 5.97 Å². The molecule has 0 radical (unpaired) electrons. The molecule has 0 saturated heterocycles. The van der Waals surface area contributed by atoms with Crippen LogP contribution >= 0.6 is 0 Å². The van der Waals surface area contributed by atoms with Gasteiger partial charge in [-0.3, -0.25) is 9.78 Å². The topological polar surface area (TPSA) is 77.5 Å². The number of nitrogens with one attached hydrogen (secondary N) is 1. The fourth-order valence-electron chi connectivity index (χ4n) is 2.96. The molecule has 1 aromatic heterocycles. The number of ether oxygens (including phenoxy) is 2. The van der Waals surface area contributed by atoms with Gasteiger partial charge in [0.15, 0.2) is 0 Å². The van der Waals surface area contributed by atoms with Gasteiger partial charge in [0, 0.05) is 16.6 Å². The van der Waals surface area contributed by atoms with Gasteiger partial charge in [0.2, 0.25) is 0 Å². The van der Waals surface area contributed by atoms with E-state index in [1.54, 1.807) is 50.4 Å². The minimum atomic E-state index is -0.412. The van der Waals surface area contributed by atoms with Gasteiger partial charge in [0.1, 0.15) is 5.75 Å². The van der Waals surface area contributed by atoms with Crippen LogP contribution in [0.2, 0.25) is 0 Å². The fourth-order valence-corrected chi connectivity index (χ4v) is 2.96. The largest absolute Gasteiger partial charge is 0.496 e. The summed E-state index contributed by atoms with van der Waals surface area (Å²) in [6.45, 7) is 5.81. The van der Waals surface area contributed by atoms with Crippen LogP contribution in [0.5, 0.6) is 5.75 Å². The van der Waals surface area contributed by atoms with E-state index in [2.05, 4.69) is 10.3 Å². The van der Waals surface area contributed by atoms with Crippen molar-refractivity contribution in [2.45, 2.75) is 20.8 Å². The lowest BCUT2D eigenvalue weighted by atomic mass is 10.1. The molecular formula is C22H22N2O4. The molecule has 2 aromatic carbocycles. The SMILES string of the molecule is CCOC(=O)c1ccc2nc(C)cc(NC(=O)c3ccc(C)c(OC)c3)c2c1. The molecule has 0 saturated carbocycles. The summed E-state index contributed by atoms with van der Waals surface area (Å²) in [6, 6.07) is 12.2. The van der Waals surface area contributed by atoms with Crippen molar-refractivity contribution in [2.75, 3.05) is 19.0 Å². The van der Waals surface area contributed by atoms with Gasteiger partial charge in [0.25, 0.3) is 5.91 Å². The van der Waals surface area contributed by atoms with Crippen LogP contribution < -0.4 is 10.1 Å². The Hall–Kier alpha value is -3.41. The minimum Gasteiger partial charge on any atom is -0.496 e. The predicted octanol–water partition coefficient (Wildman–Crippen LogP) is 4.29. The maximum Gasteiger partial charge on any atom is 0.338 e. The molecule has 0 spiro atoms. The number of amides is 1. The summed E-state index contributed by atoms with van der Waals surface area (Å²) in [5.74, 6) is -0.0368. The van der Waals surface area contributed by atoms with Gasteiger partial charge in [0.05, 0.1) is 30.5 Å². The van der Waals surface area contributed by atoms with E-state index in [1.165, 1.54) is 0 Å². The predicted molar refractivity (Wildman–Crippen MR) is 108 cm³/mol. The van der Waals surface area contributed by atoms with Gasteiger partial charge in [-0.25, -0.2) is 4.79 Å². The number of rotatable bonds is 5. The average molecular weight is 378 g/mol. The number of pyridine rings is 1. The lowest BCUT2D eigenvalue weighted by Gasteiger charge is -2.12. The van der Waals surface area contributed by atoms with E-state index in [-0.39, 0.29) is 5.91 Å². The number of hydrogen-bond donors (Lipinski definition) is 1. The molecule has 144 valence electrons. The van der Waals surface area contributed by atoms with Crippen LogP contribution in [0.25, 0.3) is 10.9 Å². The second kappa shape index (κ2) is 8.08. The number of nitrogens with zero attached hydrogens (tertiary/aromatic N) is 1. The number of benzene rings is 2. The van der Waals surface area contributed by atoms with Crippen LogP contribution in [0.4, 0.5) is 5.69 Å². The highest BCUT2D eigenvalue weighted by Crippen LogP contribution is 2.26. The number of carbonyl (C=O) groups is 2. The quantitative estimate of drug-likeness (QED) is 0.670. The van der Waals surface area contributed by atoms with E-state index in [1.807, 2.05) is 19.9 Å². The van der Waals surface area contributed by atoms with Crippen LogP contribution in [-0.4, -0.2) is 30.6 Å². The van der Waals surface area contributed by atoms with E-state index >= 15 is 0 Å². The second-order valence-electron chi connectivity index (χ2n) is 6.40. The molecule has 0 aliphatic heterocycles. The van der Waals surface area contributed by atoms with Crippen molar-refractivity contribution in [1.29, 1.82) is 0 Å². The Morgan fingerprint density at radius 3 is 2.50 bits per heavy atom. The van der Waals surface area contributed by atoms with E-state index < -0.39 is 5.97 Å². The molecule has 0 aliphatic carbocycles. The zero-order valence-electron chi connectivity index (χ0n) is 16.3. The summed E-state index contributed by atoms with van der Waals surface area (Å²) >= 11 is 0. The summed E-state index contributed by atoms with van der Waals surface area (Å²) < 4.78 is 10.4. The van der Waals surface area contributed by atoms with Crippen LogP contribution in [0.15, 0.2) is 42.5 Å². The molecular weight excluding hydrogens is 356 g/mol. The van der Waals surface area contributed by atoms with Crippen molar-refractivity contribution < 1.29 is 19.1 Å². The molecule has 1 heterocycles. The maximum absolute atomic E-state index is 12.8. The van der Waals surface area contributed by atoms with E-state index in [9.17, 15) is 9.59 Å². The summed E-state index contributed by atoms with van der Waals surface area (Å²) in [7, 11) is 1.57. The number of carbonyl (C=O) groups excluding carboxylic acids is 2. The van der Waals surface area contributed by atoms with Crippen LogP contribution in [-0.2, 0) is 4.74 Å². The molecule has 0 fully saturated rings. The molecule has 6 heteroatoms. The fraction of sp³-hybridized carbons (Fsp3) is 0.227. The summed E-state index contributed by atoms with van der Waals surface area (Å²) in [6.07, 6.45) is 0. The minimum absolute atomic E-state index is 0.272. The number of fused-ring (bicyclic) bond motifs is 1. The zero-order valence-corrected chi connectivity index (χ0v) is 16.3. The average Bonchev–Trinajstić information content (AvgIpc) is 2.68. The van der Waals surface area contributed by atoms with Crippen molar-refractivity contribution in [3.63, 3.8) is 0 Å². The molecule has 0 unspecified atom stereocenters. The van der Waals surface area contributed by atoms with Crippen LogP contribution in [0.1, 0.15) is 38.9 Å². The lowest BCUT2D eigenvalue weighted by Crippen LogP contribution is -2.13. The van der Waals surface area contributed by atoms with Gasteiger partial charge in [-0.1, -0.05) is 6.07 Å². The monoisotopic (exact) mass is 378 g/mol. The highest BCUT2D eigenvalue weighted by atomic mass is 16.5. The zero-order chi connectivity index (χ0) is 20.3. The molecule has 3 aromatic rings. The van der Waals surface area contributed by atoms with Crippen molar-refractivity contribution in [2.24, 2.45) is 0 Å². The first-order valence-corrected chi connectivity index (χ1v) is 8.97. The number of anilines is 1. The Morgan fingerprint density at radius 2 is 1.79 bits per heavy atom. The maximum atomic E-state index is 12.8. The highest BCUT2D eigenvalue weighted by Gasteiger charge is 2.14. The van der Waals surface area contributed by atoms with Crippen molar-refractivity contribution in [3.8, 4) is 5.75 Å². The Bertz CT molecular complexity index is 1060. The van der Waals surface area contributed by atoms with Gasteiger partial charge in [-0.15, -0.1) is 0 Å². The lowest BCUT2D eigenvalue weighted by molar-refractivity contribution is 0.0526. The second-order valence-corrected chi connectivity index (χ2v) is 6.40. The number of methoxy groups -OCH3 is 1. The van der Waals surface area contributed by atoms with Gasteiger partial charge < -0.3 is 14.8 Å². The summed E-state index contributed by atoms with van der Waals surface area (Å²) in [5, 5.41) is 3.59. The smallest absolute Gasteiger partial charge is 0.338 e. The first-order chi connectivity index (χ1) is 13.4. The Labute approximate surface area is 163 Å². The standard InChI is InChI=1S/C22H22N2O4/c1-5-28-22(26)16-8-9-18-17(11-16)19(10-14(3)23-18)24-21(25)15-7-6-13(2)20(12-15)27-4/h6-12H,5H2,1-4H3,(H,23,24,25). The first kappa shape index (κ1) is 19.4. The van der Waals surface area contributed by atoms with Crippen LogP contribution in [0, 0.1) is 13.8 Å². The molecule has 6 nitrogen and oxygen atoms in total.